The van der Waals surface area contributed by atoms with Crippen molar-refractivity contribution in [2.75, 3.05) is 5.32 Å². The number of hydrogen-bond acceptors (Lipinski definition) is 3. The first-order chi connectivity index (χ1) is 12.2. The molecule has 2 aliphatic rings. The third-order valence-electron chi connectivity index (χ3n) is 5.00. The lowest BCUT2D eigenvalue weighted by Crippen LogP contribution is -2.47. The fourth-order valence-electron chi connectivity index (χ4n) is 3.65. The summed E-state index contributed by atoms with van der Waals surface area (Å²) in [6, 6.07) is 3.11. The van der Waals surface area contributed by atoms with Gasteiger partial charge in [0.1, 0.15) is 0 Å². The van der Waals surface area contributed by atoms with E-state index in [4.69, 9.17) is 0 Å². The number of aryl methyl sites for hydroxylation is 1. The van der Waals surface area contributed by atoms with Gasteiger partial charge in [-0.25, -0.2) is 13.1 Å². The molecule has 3 rings (SSSR count). The summed E-state index contributed by atoms with van der Waals surface area (Å²) < 4.78 is 67.2. The molecule has 1 aromatic carbocycles. The molecule has 2 atom stereocenters. The van der Waals surface area contributed by atoms with Gasteiger partial charge in [0.15, 0.2) is 0 Å². The molecule has 0 bridgehead atoms. The van der Waals surface area contributed by atoms with Gasteiger partial charge in [0.2, 0.25) is 15.9 Å². The Labute approximate surface area is 150 Å². The highest BCUT2D eigenvalue weighted by Crippen LogP contribution is 2.38. The summed E-state index contributed by atoms with van der Waals surface area (Å²) in [7, 11) is -4.07. The van der Waals surface area contributed by atoms with Crippen LogP contribution in [-0.4, -0.2) is 26.5 Å². The number of carbonyl (C=O) groups excluding carboxylic acids is 1. The molecule has 5 nitrogen and oxygen atoms in total. The Morgan fingerprint density at radius 3 is 2.54 bits per heavy atom. The number of hydrogen-bond donors (Lipinski definition) is 2. The normalized spacial score (nSPS) is 24.5. The Kier molecular flexibility index (Phi) is 5.30. The highest BCUT2D eigenvalue weighted by atomic mass is 32.2. The second-order valence-electron chi connectivity index (χ2n) is 6.88. The fourth-order valence-corrected chi connectivity index (χ4v) is 5.01. The summed E-state index contributed by atoms with van der Waals surface area (Å²) in [6.07, 6.45) is -1.83. The standard InChI is InChI=1S/C17H21F3N2O3S/c18-17(19,20)13-5-1-2-6-15(13)22-26(24,25)12-8-9-14-11(10-12)4-3-7-16(23)21-14/h8-10,13,15,22H,1-7H2,(H,21,23)/t13-,15+/m0/s1. The SMILES string of the molecule is O=C1CCCc2cc(S(=O)(=O)N[C@@H]3CCCC[C@@H]3C(F)(F)F)ccc2N1. The molecule has 1 aliphatic carbocycles. The number of amides is 1. The van der Waals surface area contributed by atoms with Crippen LogP contribution in [0.1, 0.15) is 44.1 Å². The van der Waals surface area contributed by atoms with E-state index >= 15 is 0 Å². The van der Waals surface area contributed by atoms with E-state index in [0.717, 1.165) is 0 Å². The van der Waals surface area contributed by atoms with Gasteiger partial charge in [-0.2, -0.15) is 13.2 Å². The first kappa shape index (κ1) is 19.2. The predicted octanol–water partition coefficient (Wildman–Crippen LogP) is 3.36. The number of nitrogens with one attached hydrogen (secondary N) is 2. The number of fused-ring (bicyclic) bond motifs is 1. The predicted molar refractivity (Wildman–Crippen MR) is 90.1 cm³/mol. The first-order valence-electron chi connectivity index (χ1n) is 8.68. The molecular formula is C17H21F3N2O3S. The van der Waals surface area contributed by atoms with Crippen molar-refractivity contribution in [3.8, 4) is 0 Å². The van der Waals surface area contributed by atoms with Crippen LogP contribution in [-0.2, 0) is 21.2 Å². The summed E-state index contributed by atoms with van der Waals surface area (Å²) in [5, 5.41) is 2.71. The molecular weight excluding hydrogens is 369 g/mol. The second kappa shape index (κ2) is 7.19. The van der Waals surface area contributed by atoms with E-state index in [0.29, 0.717) is 43.4 Å². The van der Waals surface area contributed by atoms with Crippen LogP contribution < -0.4 is 10.0 Å². The van der Waals surface area contributed by atoms with Crippen LogP contribution in [0.5, 0.6) is 0 Å². The topological polar surface area (TPSA) is 75.3 Å². The summed E-state index contributed by atoms with van der Waals surface area (Å²) in [6.45, 7) is 0. The van der Waals surface area contributed by atoms with Crippen LogP contribution in [0.25, 0.3) is 0 Å². The van der Waals surface area contributed by atoms with Crippen molar-refractivity contribution in [2.24, 2.45) is 5.92 Å². The van der Waals surface area contributed by atoms with E-state index in [-0.39, 0.29) is 23.6 Å². The van der Waals surface area contributed by atoms with Crippen molar-refractivity contribution in [1.29, 1.82) is 0 Å². The highest BCUT2D eigenvalue weighted by molar-refractivity contribution is 7.89. The second-order valence-corrected chi connectivity index (χ2v) is 8.60. The van der Waals surface area contributed by atoms with Gasteiger partial charge in [-0.05, 0) is 49.4 Å². The van der Waals surface area contributed by atoms with E-state index in [9.17, 15) is 26.4 Å². The lowest BCUT2D eigenvalue weighted by atomic mass is 9.85. The molecule has 2 N–H and O–H groups in total. The van der Waals surface area contributed by atoms with E-state index in [1.54, 1.807) is 0 Å². The van der Waals surface area contributed by atoms with E-state index in [1.165, 1.54) is 18.2 Å². The molecule has 26 heavy (non-hydrogen) atoms. The monoisotopic (exact) mass is 390 g/mol. The summed E-state index contributed by atoms with van der Waals surface area (Å²) in [4.78, 5) is 11.5. The number of carbonyl (C=O) groups is 1. The maximum atomic E-state index is 13.2. The first-order valence-corrected chi connectivity index (χ1v) is 10.2. The van der Waals surface area contributed by atoms with Gasteiger partial charge in [-0.15, -0.1) is 0 Å². The van der Waals surface area contributed by atoms with Gasteiger partial charge in [0.05, 0.1) is 10.8 Å². The Bertz CT molecular complexity index is 793. The molecule has 1 fully saturated rings. The van der Waals surface area contributed by atoms with Crippen LogP contribution in [0, 0.1) is 5.92 Å². The summed E-state index contributed by atoms with van der Waals surface area (Å²) >= 11 is 0. The van der Waals surface area contributed by atoms with Crippen molar-refractivity contribution in [3.05, 3.63) is 23.8 Å². The molecule has 9 heteroatoms. The maximum Gasteiger partial charge on any atom is 0.393 e. The van der Waals surface area contributed by atoms with E-state index in [2.05, 4.69) is 10.0 Å². The molecule has 1 saturated carbocycles. The van der Waals surface area contributed by atoms with E-state index in [1.807, 2.05) is 0 Å². The van der Waals surface area contributed by atoms with Crippen LogP contribution in [0.15, 0.2) is 23.1 Å². The molecule has 144 valence electrons. The van der Waals surface area contributed by atoms with Crippen molar-refractivity contribution >= 4 is 21.6 Å². The minimum Gasteiger partial charge on any atom is -0.326 e. The quantitative estimate of drug-likeness (QED) is 0.831. The van der Waals surface area contributed by atoms with Crippen LogP contribution in [0.3, 0.4) is 0 Å². The average Bonchev–Trinajstić information content (AvgIpc) is 2.73. The summed E-state index contributed by atoms with van der Waals surface area (Å²) in [5.41, 5.74) is 1.23. The zero-order valence-corrected chi connectivity index (χ0v) is 14.9. The van der Waals surface area contributed by atoms with Crippen molar-refractivity contribution < 1.29 is 26.4 Å². The highest BCUT2D eigenvalue weighted by Gasteiger charge is 2.46. The number of alkyl halides is 3. The molecule has 0 aromatic heterocycles. The minimum absolute atomic E-state index is 0.0626. The minimum atomic E-state index is -4.42. The number of anilines is 1. The molecule has 0 saturated heterocycles. The molecule has 1 aromatic rings. The van der Waals surface area contributed by atoms with Gasteiger partial charge < -0.3 is 5.32 Å². The van der Waals surface area contributed by atoms with Crippen LogP contribution in [0.4, 0.5) is 18.9 Å². The summed E-state index contributed by atoms with van der Waals surface area (Å²) in [5.74, 6) is -1.79. The molecule has 0 spiro atoms. The Morgan fingerprint density at radius 1 is 1.08 bits per heavy atom. The molecule has 1 heterocycles. The molecule has 1 aliphatic heterocycles. The lowest BCUT2D eigenvalue weighted by molar-refractivity contribution is -0.187. The smallest absolute Gasteiger partial charge is 0.326 e. The Balaban J connectivity index is 1.84. The third-order valence-corrected chi connectivity index (χ3v) is 6.49. The Morgan fingerprint density at radius 2 is 1.81 bits per heavy atom. The lowest BCUT2D eigenvalue weighted by Gasteiger charge is -2.33. The van der Waals surface area contributed by atoms with E-state index < -0.39 is 28.2 Å². The van der Waals surface area contributed by atoms with Crippen LogP contribution >= 0.6 is 0 Å². The van der Waals surface area contributed by atoms with Crippen molar-refractivity contribution in [2.45, 2.75) is 62.1 Å². The largest absolute Gasteiger partial charge is 0.393 e. The fraction of sp³-hybridized carbons (Fsp3) is 0.588. The third kappa shape index (κ3) is 4.20. The van der Waals surface area contributed by atoms with Gasteiger partial charge in [0.25, 0.3) is 0 Å². The number of benzene rings is 1. The van der Waals surface area contributed by atoms with Gasteiger partial charge in [-0.1, -0.05) is 12.8 Å². The Hall–Kier alpha value is -1.61. The van der Waals surface area contributed by atoms with Crippen molar-refractivity contribution in [3.63, 3.8) is 0 Å². The van der Waals surface area contributed by atoms with Crippen LogP contribution in [0.2, 0.25) is 0 Å². The van der Waals surface area contributed by atoms with Gasteiger partial charge >= 0.3 is 6.18 Å². The van der Waals surface area contributed by atoms with Gasteiger partial charge in [-0.3, -0.25) is 4.79 Å². The zero-order valence-electron chi connectivity index (χ0n) is 14.1. The molecule has 1 amide bonds. The number of rotatable bonds is 3. The zero-order chi connectivity index (χ0) is 18.9. The van der Waals surface area contributed by atoms with Crippen molar-refractivity contribution in [1.82, 2.24) is 4.72 Å². The maximum absolute atomic E-state index is 13.2. The average molecular weight is 390 g/mol. The number of halogens is 3. The molecule has 0 radical (unpaired) electrons. The number of sulfonamides is 1. The molecule has 0 unspecified atom stereocenters. The van der Waals surface area contributed by atoms with Gasteiger partial charge in [0, 0.05) is 18.2 Å².